The molecular weight excluding hydrogens is 314 g/mol. The Bertz CT molecular complexity index is 678. The maximum absolute atomic E-state index is 12.6. The van der Waals surface area contributed by atoms with Crippen LogP contribution < -0.4 is 0 Å². The van der Waals surface area contributed by atoms with Crippen LogP contribution in [-0.4, -0.2) is 49.5 Å². The first-order valence-corrected chi connectivity index (χ1v) is 8.13. The van der Waals surface area contributed by atoms with E-state index in [0.717, 1.165) is 16.6 Å². The summed E-state index contributed by atoms with van der Waals surface area (Å²) >= 11 is 0. The Morgan fingerprint density at radius 1 is 1.41 bits per heavy atom. The van der Waals surface area contributed by atoms with Crippen molar-refractivity contribution in [3.05, 3.63) is 17.9 Å². The lowest BCUT2D eigenvalue weighted by Crippen LogP contribution is -2.47. The number of sulfonamides is 1. The molecule has 2 heterocycles. The summed E-state index contributed by atoms with van der Waals surface area (Å²) in [6, 6.07) is 0.741. The zero-order valence-corrected chi connectivity index (χ0v) is 13.0. The highest BCUT2D eigenvalue weighted by molar-refractivity contribution is 7.89. The topological polar surface area (TPSA) is 114 Å². The molecule has 0 bridgehead atoms. The summed E-state index contributed by atoms with van der Waals surface area (Å²) in [4.78, 5) is 22.5. The molecule has 1 aromatic heterocycles. The number of esters is 1. The number of piperidine rings is 1. The highest BCUT2D eigenvalue weighted by Crippen LogP contribution is 2.29. The van der Waals surface area contributed by atoms with Gasteiger partial charge in [-0.2, -0.15) is 4.31 Å². The summed E-state index contributed by atoms with van der Waals surface area (Å²) in [5, 5.41) is 8.68. The summed E-state index contributed by atoms with van der Waals surface area (Å²) in [6.07, 6.45) is 1.87. The quantitative estimate of drug-likeness (QED) is 0.817. The fourth-order valence-electron chi connectivity index (χ4n) is 2.40. The van der Waals surface area contributed by atoms with Gasteiger partial charge in [0.2, 0.25) is 5.09 Å². The summed E-state index contributed by atoms with van der Waals surface area (Å²) in [7, 11) is -2.83. The number of carbonyl (C=O) groups excluding carboxylic acids is 1. The molecule has 0 aromatic carbocycles. The summed E-state index contributed by atoms with van der Waals surface area (Å²) in [5.41, 5.74) is -0.0134. The molecule has 0 radical (unpaired) electrons. The van der Waals surface area contributed by atoms with E-state index in [0.29, 0.717) is 12.8 Å². The minimum absolute atomic E-state index is 0.0134. The number of rotatable bonds is 4. The normalized spacial score (nSPS) is 23.2. The second-order valence-electron chi connectivity index (χ2n) is 5.18. The third-order valence-corrected chi connectivity index (χ3v) is 5.58. The van der Waals surface area contributed by atoms with Gasteiger partial charge in [-0.25, -0.2) is 13.2 Å². The highest BCUT2D eigenvalue weighted by Gasteiger charge is 2.39. The van der Waals surface area contributed by atoms with E-state index in [9.17, 15) is 18.0 Å². The first-order chi connectivity index (χ1) is 10.3. The molecule has 1 aliphatic heterocycles. The Morgan fingerprint density at radius 2 is 2.09 bits per heavy atom. The molecule has 122 valence electrons. The Hall–Kier alpha value is -1.87. The largest absolute Gasteiger partial charge is 0.481 e. The van der Waals surface area contributed by atoms with Crippen molar-refractivity contribution in [2.75, 3.05) is 13.7 Å². The van der Waals surface area contributed by atoms with E-state index in [1.54, 1.807) is 6.92 Å². The third-order valence-electron chi connectivity index (χ3n) is 3.73. The zero-order valence-electron chi connectivity index (χ0n) is 12.2. The number of ether oxygens (including phenoxy) is 1. The SMILES string of the molecule is COC(=O)c1coc(S(=O)(=O)N2CC(C(=O)O)CCC2C)c1. The van der Waals surface area contributed by atoms with Crippen LogP contribution in [0.4, 0.5) is 0 Å². The average molecular weight is 331 g/mol. The van der Waals surface area contributed by atoms with Crippen LogP contribution in [-0.2, 0) is 19.6 Å². The number of hydrogen-bond donors (Lipinski definition) is 1. The van der Waals surface area contributed by atoms with Gasteiger partial charge in [0.1, 0.15) is 6.26 Å². The van der Waals surface area contributed by atoms with Crippen LogP contribution in [0.2, 0.25) is 0 Å². The van der Waals surface area contributed by atoms with Crippen LogP contribution >= 0.6 is 0 Å². The molecule has 2 rings (SSSR count). The molecule has 0 spiro atoms. The monoisotopic (exact) mass is 331 g/mol. The van der Waals surface area contributed by atoms with E-state index in [2.05, 4.69) is 4.74 Å². The molecule has 0 aliphatic carbocycles. The Labute approximate surface area is 127 Å². The van der Waals surface area contributed by atoms with Crippen LogP contribution in [0, 0.1) is 5.92 Å². The Balaban J connectivity index is 2.30. The molecule has 0 amide bonds. The lowest BCUT2D eigenvalue weighted by atomic mass is 9.96. The number of carboxylic acids is 1. The zero-order chi connectivity index (χ0) is 16.5. The first-order valence-electron chi connectivity index (χ1n) is 6.69. The number of carboxylic acid groups (broad SMARTS) is 1. The molecule has 2 unspecified atom stereocenters. The standard InChI is InChI=1S/C13H17NO7S/c1-8-3-4-9(12(15)16)6-14(8)22(18,19)11-5-10(7-21-11)13(17)20-2/h5,7-9H,3-4,6H2,1-2H3,(H,15,16). The molecule has 9 heteroatoms. The second-order valence-corrected chi connectivity index (χ2v) is 7.00. The van der Waals surface area contributed by atoms with Crippen LogP contribution in [0.3, 0.4) is 0 Å². The lowest BCUT2D eigenvalue weighted by Gasteiger charge is -2.34. The number of nitrogens with zero attached hydrogens (tertiary/aromatic N) is 1. The molecule has 22 heavy (non-hydrogen) atoms. The van der Waals surface area contributed by atoms with Crippen LogP contribution in [0.5, 0.6) is 0 Å². The highest BCUT2D eigenvalue weighted by atomic mass is 32.2. The molecule has 1 aromatic rings. The predicted molar refractivity (Wildman–Crippen MR) is 73.8 cm³/mol. The summed E-state index contributed by atoms with van der Waals surface area (Å²) in [6.45, 7) is 1.59. The molecule has 1 aliphatic rings. The van der Waals surface area contributed by atoms with Crippen molar-refractivity contribution in [2.24, 2.45) is 5.92 Å². The smallest absolute Gasteiger partial charge is 0.341 e. The summed E-state index contributed by atoms with van der Waals surface area (Å²) < 4.78 is 35.7. The number of hydrogen-bond acceptors (Lipinski definition) is 6. The first kappa shape index (κ1) is 16.5. The fourth-order valence-corrected chi connectivity index (χ4v) is 4.04. The van der Waals surface area contributed by atoms with E-state index in [-0.39, 0.29) is 18.2 Å². The minimum atomic E-state index is -4.00. The van der Waals surface area contributed by atoms with Gasteiger partial charge in [0.15, 0.2) is 0 Å². The van der Waals surface area contributed by atoms with Gasteiger partial charge < -0.3 is 14.3 Å². The number of carbonyl (C=O) groups is 2. The number of furan rings is 1. The van der Waals surface area contributed by atoms with Crippen molar-refractivity contribution < 1.29 is 32.3 Å². The molecule has 1 N–H and O–H groups in total. The predicted octanol–water partition coefficient (Wildman–Crippen LogP) is 0.940. The maximum Gasteiger partial charge on any atom is 0.341 e. The van der Waals surface area contributed by atoms with Gasteiger partial charge in [0.25, 0.3) is 10.0 Å². The van der Waals surface area contributed by atoms with E-state index < -0.39 is 33.0 Å². The van der Waals surface area contributed by atoms with Crippen molar-refractivity contribution in [3.63, 3.8) is 0 Å². The van der Waals surface area contributed by atoms with Gasteiger partial charge in [0, 0.05) is 18.7 Å². The molecule has 1 saturated heterocycles. The molecule has 0 saturated carbocycles. The van der Waals surface area contributed by atoms with Crippen molar-refractivity contribution in [3.8, 4) is 0 Å². The molecule has 8 nitrogen and oxygen atoms in total. The Kier molecular flexibility index (Phi) is 4.57. The van der Waals surface area contributed by atoms with Gasteiger partial charge >= 0.3 is 11.9 Å². The van der Waals surface area contributed by atoms with E-state index in [1.165, 1.54) is 7.11 Å². The summed E-state index contributed by atoms with van der Waals surface area (Å²) in [5.74, 6) is -2.48. The van der Waals surface area contributed by atoms with E-state index in [4.69, 9.17) is 9.52 Å². The maximum atomic E-state index is 12.6. The van der Waals surface area contributed by atoms with Crippen LogP contribution in [0.25, 0.3) is 0 Å². The third kappa shape index (κ3) is 3.00. The minimum Gasteiger partial charge on any atom is -0.481 e. The Morgan fingerprint density at radius 3 is 2.68 bits per heavy atom. The van der Waals surface area contributed by atoms with Crippen molar-refractivity contribution in [2.45, 2.75) is 30.9 Å². The van der Waals surface area contributed by atoms with E-state index >= 15 is 0 Å². The number of aliphatic carboxylic acids is 1. The van der Waals surface area contributed by atoms with Gasteiger partial charge in [0.05, 0.1) is 18.6 Å². The molecular formula is C13H17NO7S. The fraction of sp³-hybridized carbons (Fsp3) is 0.538. The van der Waals surface area contributed by atoms with Gasteiger partial charge in [-0.1, -0.05) is 0 Å². The lowest BCUT2D eigenvalue weighted by molar-refractivity contribution is -0.143. The van der Waals surface area contributed by atoms with Crippen molar-refractivity contribution in [1.82, 2.24) is 4.31 Å². The van der Waals surface area contributed by atoms with Crippen LogP contribution in [0.15, 0.2) is 21.8 Å². The van der Waals surface area contributed by atoms with E-state index in [1.807, 2.05) is 0 Å². The van der Waals surface area contributed by atoms with Gasteiger partial charge in [-0.15, -0.1) is 0 Å². The van der Waals surface area contributed by atoms with Crippen LogP contribution in [0.1, 0.15) is 30.1 Å². The van der Waals surface area contributed by atoms with Crippen molar-refractivity contribution >= 4 is 22.0 Å². The molecule has 2 atom stereocenters. The molecule has 1 fully saturated rings. The van der Waals surface area contributed by atoms with Gasteiger partial charge in [-0.3, -0.25) is 4.79 Å². The van der Waals surface area contributed by atoms with Crippen molar-refractivity contribution in [1.29, 1.82) is 0 Å². The average Bonchev–Trinajstić information content (AvgIpc) is 2.97. The van der Waals surface area contributed by atoms with Gasteiger partial charge in [-0.05, 0) is 19.8 Å². The number of methoxy groups -OCH3 is 1. The second kappa shape index (κ2) is 6.09.